The number of fused-ring (bicyclic) bond motifs is 1. The van der Waals surface area contributed by atoms with Gasteiger partial charge >= 0.3 is 6.03 Å². The van der Waals surface area contributed by atoms with Gasteiger partial charge in [-0.25, -0.2) is 14.2 Å². The van der Waals surface area contributed by atoms with Gasteiger partial charge in [-0.05, 0) is 31.2 Å². The van der Waals surface area contributed by atoms with Crippen LogP contribution in [0.15, 0.2) is 42.5 Å². The van der Waals surface area contributed by atoms with Crippen LogP contribution in [0, 0.1) is 12.7 Å². The van der Waals surface area contributed by atoms with E-state index in [-0.39, 0.29) is 18.3 Å². The van der Waals surface area contributed by atoms with Crippen LogP contribution in [0.5, 0.6) is 5.75 Å². The molecule has 164 valence electrons. The fourth-order valence-corrected chi connectivity index (χ4v) is 4.35. The maximum Gasteiger partial charge on any atom is 0.322 e. The number of piperazine rings is 1. The van der Waals surface area contributed by atoms with Gasteiger partial charge < -0.3 is 20.1 Å². The third kappa shape index (κ3) is 5.49. The summed E-state index contributed by atoms with van der Waals surface area (Å²) in [5, 5.41) is 14.0. The fourth-order valence-electron chi connectivity index (χ4n) is 3.55. The number of rotatable bonds is 6. The molecule has 0 saturated carbocycles. The number of nitrogens with one attached hydrogen (secondary N) is 1. The second-order valence-electron chi connectivity index (χ2n) is 7.52. The van der Waals surface area contributed by atoms with Crippen LogP contribution in [0.4, 0.5) is 14.9 Å². The summed E-state index contributed by atoms with van der Waals surface area (Å²) in [6, 6.07) is 11.5. The number of β-amino-alcohol motifs (C(OH)–C–C–N with tert-alkyl or cyclic N) is 1. The van der Waals surface area contributed by atoms with E-state index >= 15 is 0 Å². The van der Waals surface area contributed by atoms with Crippen molar-refractivity contribution in [3.05, 3.63) is 53.3 Å². The van der Waals surface area contributed by atoms with Crippen molar-refractivity contribution < 1.29 is 19.0 Å². The van der Waals surface area contributed by atoms with Crippen molar-refractivity contribution in [3.63, 3.8) is 0 Å². The summed E-state index contributed by atoms with van der Waals surface area (Å²) in [6.45, 7) is 4.89. The molecule has 0 aliphatic carbocycles. The standard InChI is InChI=1S/C22H25FN4O3S/c1-15-24-20-12-17(6-7-21(20)31-15)30-14-16(28)13-26-8-10-27(11-9-26)22(29)25-19-5-3-2-4-18(19)23/h2-7,12,16,28H,8-11,13-14H2,1H3,(H,25,29)/t16-/m1/s1. The number of hydrogen-bond acceptors (Lipinski definition) is 6. The molecule has 1 aliphatic heterocycles. The number of aryl methyl sites for hydroxylation is 1. The summed E-state index contributed by atoms with van der Waals surface area (Å²) in [4.78, 5) is 20.6. The minimum absolute atomic E-state index is 0.175. The number of ether oxygens (including phenoxy) is 1. The lowest BCUT2D eigenvalue weighted by molar-refractivity contribution is 0.0526. The number of aliphatic hydroxyl groups is 1. The number of anilines is 1. The monoisotopic (exact) mass is 444 g/mol. The molecular weight excluding hydrogens is 419 g/mol. The number of amides is 2. The van der Waals surface area contributed by atoms with Crippen molar-refractivity contribution in [3.8, 4) is 5.75 Å². The number of aliphatic hydroxyl groups excluding tert-OH is 1. The molecule has 2 aromatic carbocycles. The largest absolute Gasteiger partial charge is 0.491 e. The van der Waals surface area contributed by atoms with Gasteiger partial charge in [-0.3, -0.25) is 4.90 Å². The second-order valence-corrected chi connectivity index (χ2v) is 8.76. The number of aromatic nitrogens is 1. The van der Waals surface area contributed by atoms with E-state index in [1.165, 1.54) is 12.1 Å². The zero-order valence-electron chi connectivity index (χ0n) is 17.3. The van der Waals surface area contributed by atoms with E-state index in [2.05, 4.69) is 15.2 Å². The Bertz CT molecular complexity index is 1050. The Morgan fingerprint density at radius 2 is 2.03 bits per heavy atom. The maximum atomic E-state index is 13.7. The van der Waals surface area contributed by atoms with Gasteiger partial charge in [-0.1, -0.05) is 12.1 Å². The number of hydrogen-bond donors (Lipinski definition) is 2. The quantitative estimate of drug-likeness (QED) is 0.610. The first-order valence-electron chi connectivity index (χ1n) is 10.2. The lowest BCUT2D eigenvalue weighted by Gasteiger charge is -2.35. The van der Waals surface area contributed by atoms with E-state index < -0.39 is 11.9 Å². The number of halogens is 1. The second kappa shape index (κ2) is 9.59. The minimum Gasteiger partial charge on any atom is -0.491 e. The highest BCUT2D eigenvalue weighted by atomic mass is 32.1. The summed E-state index contributed by atoms with van der Waals surface area (Å²) in [5.74, 6) is 0.230. The molecule has 9 heteroatoms. The molecule has 0 spiro atoms. The molecule has 1 fully saturated rings. The van der Waals surface area contributed by atoms with Gasteiger partial charge in [-0.2, -0.15) is 0 Å². The molecule has 3 aromatic rings. The van der Waals surface area contributed by atoms with Gasteiger partial charge in [0.1, 0.15) is 24.3 Å². The van der Waals surface area contributed by atoms with E-state index in [4.69, 9.17) is 4.74 Å². The number of nitrogens with zero attached hydrogens (tertiary/aromatic N) is 3. The minimum atomic E-state index is -0.647. The maximum absolute atomic E-state index is 13.7. The zero-order chi connectivity index (χ0) is 21.8. The number of benzene rings is 2. The van der Waals surface area contributed by atoms with Crippen LogP contribution in [0.25, 0.3) is 10.2 Å². The topological polar surface area (TPSA) is 77.9 Å². The molecule has 1 saturated heterocycles. The molecule has 1 aliphatic rings. The van der Waals surface area contributed by atoms with Crippen molar-refractivity contribution >= 4 is 33.3 Å². The molecule has 0 bridgehead atoms. The Labute approximate surface area is 184 Å². The first-order valence-corrected chi connectivity index (χ1v) is 11.0. The number of thiazole rings is 1. The highest BCUT2D eigenvalue weighted by Gasteiger charge is 2.23. The van der Waals surface area contributed by atoms with Crippen LogP contribution in [0.2, 0.25) is 0 Å². The zero-order valence-corrected chi connectivity index (χ0v) is 18.1. The summed E-state index contributed by atoms with van der Waals surface area (Å²) >= 11 is 1.64. The van der Waals surface area contributed by atoms with Crippen LogP contribution in [-0.4, -0.2) is 71.4 Å². The SMILES string of the molecule is Cc1nc2cc(OC[C@H](O)CN3CCN(C(=O)Nc4ccccc4F)CC3)ccc2s1. The van der Waals surface area contributed by atoms with Crippen molar-refractivity contribution in [1.29, 1.82) is 0 Å². The molecule has 31 heavy (non-hydrogen) atoms. The van der Waals surface area contributed by atoms with E-state index in [1.54, 1.807) is 28.4 Å². The van der Waals surface area contributed by atoms with Crippen molar-refractivity contribution in [1.82, 2.24) is 14.8 Å². The Balaban J connectivity index is 1.21. The van der Waals surface area contributed by atoms with Gasteiger partial charge in [0, 0.05) is 38.8 Å². The molecule has 2 amide bonds. The molecule has 2 N–H and O–H groups in total. The van der Waals surface area contributed by atoms with Crippen molar-refractivity contribution in [2.75, 3.05) is 44.6 Å². The van der Waals surface area contributed by atoms with E-state index in [1.807, 2.05) is 25.1 Å². The van der Waals surface area contributed by atoms with E-state index in [9.17, 15) is 14.3 Å². The highest BCUT2D eigenvalue weighted by molar-refractivity contribution is 7.18. The van der Waals surface area contributed by atoms with Crippen molar-refractivity contribution in [2.45, 2.75) is 13.0 Å². The van der Waals surface area contributed by atoms with Gasteiger partial charge in [-0.15, -0.1) is 11.3 Å². The molecule has 0 radical (unpaired) electrons. The van der Waals surface area contributed by atoms with Crippen LogP contribution in [0.1, 0.15) is 5.01 Å². The molecule has 1 atom stereocenters. The van der Waals surface area contributed by atoms with Gasteiger partial charge in [0.05, 0.1) is 20.9 Å². The number of carbonyl (C=O) groups is 1. The third-order valence-corrected chi connectivity index (χ3v) is 6.10. The van der Waals surface area contributed by atoms with E-state index in [0.717, 1.165) is 15.2 Å². The Morgan fingerprint density at radius 3 is 2.81 bits per heavy atom. The average Bonchev–Trinajstić information content (AvgIpc) is 3.13. The molecule has 0 unspecified atom stereocenters. The number of para-hydroxylation sites is 1. The van der Waals surface area contributed by atoms with Gasteiger partial charge in [0.15, 0.2) is 0 Å². The first kappa shape index (κ1) is 21.5. The normalized spacial score (nSPS) is 15.8. The predicted octanol–water partition coefficient (Wildman–Crippen LogP) is 3.33. The van der Waals surface area contributed by atoms with Crippen LogP contribution in [0.3, 0.4) is 0 Å². The Morgan fingerprint density at radius 1 is 1.26 bits per heavy atom. The lowest BCUT2D eigenvalue weighted by atomic mass is 10.2. The lowest BCUT2D eigenvalue weighted by Crippen LogP contribution is -2.52. The number of carbonyl (C=O) groups excluding carboxylic acids is 1. The van der Waals surface area contributed by atoms with Crippen molar-refractivity contribution in [2.24, 2.45) is 0 Å². The Hall–Kier alpha value is -2.75. The smallest absolute Gasteiger partial charge is 0.322 e. The molecular formula is C22H25FN4O3S. The number of urea groups is 1. The molecule has 2 heterocycles. The van der Waals surface area contributed by atoms with E-state index in [0.29, 0.717) is 38.5 Å². The Kier molecular flexibility index (Phi) is 6.64. The third-order valence-electron chi connectivity index (χ3n) is 5.15. The summed E-state index contributed by atoms with van der Waals surface area (Å²) in [7, 11) is 0. The summed E-state index contributed by atoms with van der Waals surface area (Å²) < 4.78 is 20.6. The molecule has 7 nitrogen and oxygen atoms in total. The van der Waals surface area contributed by atoms with Crippen LogP contribution >= 0.6 is 11.3 Å². The highest BCUT2D eigenvalue weighted by Crippen LogP contribution is 2.25. The van der Waals surface area contributed by atoms with Gasteiger partial charge in [0.2, 0.25) is 0 Å². The fraction of sp³-hybridized carbons (Fsp3) is 0.364. The summed E-state index contributed by atoms with van der Waals surface area (Å²) in [6.07, 6.45) is -0.647. The van der Waals surface area contributed by atoms with Gasteiger partial charge in [0.25, 0.3) is 0 Å². The summed E-state index contributed by atoms with van der Waals surface area (Å²) in [5.41, 5.74) is 1.08. The van der Waals surface area contributed by atoms with Crippen LogP contribution in [-0.2, 0) is 0 Å². The molecule has 4 rings (SSSR count). The average molecular weight is 445 g/mol. The molecule has 1 aromatic heterocycles. The van der Waals surface area contributed by atoms with Crippen LogP contribution < -0.4 is 10.1 Å². The predicted molar refractivity (Wildman–Crippen MR) is 119 cm³/mol. The first-order chi connectivity index (χ1) is 15.0.